The molecule has 8 nitrogen and oxygen atoms in total. The summed E-state index contributed by atoms with van der Waals surface area (Å²) in [5.74, 6) is -0.620. The molecule has 7 rings (SSSR count). The Morgan fingerprint density at radius 1 is 1.11 bits per heavy atom. The van der Waals surface area contributed by atoms with E-state index in [0.29, 0.717) is 22.5 Å². The number of carbonyl (C=O) groups is 1. The van der Waals surface area contributed by atoms with Gasteiger partial charge in [-0.05, 0) is 108 Å². The van der Waals surface area contributed by atoms with Gasteiger partial charge < -0.3 is 14.6 Å². The van der Waals surface area contributed by atoms with E-state index in [0.717, 1.165) is 88.7 Å². The normalized spacial score (nSPS) is 17.4. The van der Waals surface area contributed by atoms with Crippen LogP contribution >= 0.6 is 22.9 Å². The number of ether oxygens (including phenoxy) is 2. The Kier molecular flexibility index (Phi) is 8.64. The van der Waals surface area contributed by atoms with Crippen LogP contribution in [0.3, 0.4) is 0 Å². The summed E-state index contributed by atoms with van der Waals surface area (Å²) in [7, 11) is 0. The van der Waals surface area contributed by atoms with Gasteiger partial charge in [0.2, 0.25) is 0 Å². The molecule has 47 heavy (non-hydrogen) atoms. The van der Waals surface area contributed by atoms with E-state index >= 15 is 0 Å². The van der Waals surface area contributed by atoms with Crippen molar-refractivity contribution in [1.82, 2.24) is 19.7 Å². The summed E-state index contributed by atoms with van der Waals surface area (Å²) in [5, 5.41) is 18.2. The van der Waals surface area contributed by atoms with Crippen LogP contribution < -0.4 is 0 Å². The number of likely N-dealkylation sites (tertiary alicyclic amines) is 1. The molecular formula is C37H41ClN4O4S. The summed E-state index contributed by atoms with van der Waals surface area (Å²) in [6.45, 7) is 14.4. The maximum atomic E-state index is 12.7. The number of piperidine rings is 1. The molecule has 4 heterocycles. The molecule has 3 aromatic carbocycles. The maximum Gasteiger partial charge on any atom is 0.337 e. The lowest BCUT2D eigenvalue weighted by atomic mass is 9.90. The van der Waals surface area contributed by atoms with E-state index in [2.05, 4.69) is 34.7 Å². The van der Waals surface area contributed by atoms with Gasteiger partial charge in [0.15, 0.2) is 6.10 Å². The van der Waals surface area contributed by atoms with Crippen LogP contribution in [0.15, 0.2) is 48.5 Å². The molecule has 0 bridgehead atoms. The second-order valence-corrected chi connectivity index (χ2v) is 15.2. The fourth-order valence-electron chi connectivity index (χ4n) is 7.01. The number of carboxylic acids is 1. The second-order valence-electron chi connectivity index (χ2n) is 13.7. The van der Waals surface area contributed by atoms with Crippen molar-refractivity contribution in [2.24, 2.45) is 0 Å². The largest absolute Gasteiger partial charge is 0.479 e. The van der Waals surface area contributed by atoms with Crippen LogP contribution in [0.25, 0.3) is 42.8 Å². The molecule has 1 N–H and O–H groups in total. The topological polar surface area (TPSA) is 89.7 Å². The molecule has 5 aromatic rings. The zero-order valence-electron chi connectivity index (χ0n) is 27.5. The van der Waals surface area contributed by atoms with Gasteiger partial charge in [-0.25, -0.2) is 9.78 Å². The summed E-state index contributed by atoms with van der Waals surface area (Å²) in [4.78, 5) is 20.5. The fourth-order valence-corrected chi connectivity index (χ4v) is 8.26. The molecule has 2 fully saturated rings. The molecule has 2 aromatic heterocycles. The number of benzene rings is 3. The van der Waals surface area contributed by atoms with E-state index in [9.17, 15) is 9.90 Å². The van der Waals surface area contributed by atoms with Crippen LogP contribution in [-0.4, -0.2) is 68.7 Å². The Hall–Kier alpha value is -3.34. The molecule has 2 aliphatic heterocycles. The highest BCUT2D eigenvalue weighted by atomic mass is 35.5. The number of fused-ring (bicyclic) bond motifs is 2. The Labute approximate surface area is 284 Å². The molecular weight excluding hydrogens is 632 g/mol. The van der Waals surface area contributed by atoms with Gasteiger partial charge in [0.1, 0.15) is 5.01 Å². The molecule has 2 saturated heterocycles. The Balaban J connectivity index is 1.34. The zero-order valence-corrected chi connectivity index (χ0v) is 29.1. The molecule has 10 heteroatoms. The lowest BCUT2D eigenvalue weighted by Crippen LogP contribution is -2.51. The summed E-state index contributed by atoms with van der Waals surface area (Å²) < 4.78 is 14.7. The number of thiazole rings is 1. The lowest BCUT2D eigenvalue weighted by Gasteiger charge is -2.41. The number of halogens is 1. The van der Waals surface area contributed by atoms with Crippen molar-refractivity contribution in [3.63, 3.8) is 0 Å². The third-order valence-corrected chi connectivity index (χ3v) is 10.8. The molecule has 1 unspecified atom stereocenters. The van der Waals surface area contributed by atoms with E-state index in [-0.39, 0.29) is 0 Å². The molecule has 0 radical (unpaired) electrons. The zero-order chi connectivity index (χ0) is 33.0. The van der Waals surface area contributed by atoms with Crippen LogP contribution in [-0.2, 0) is 20.8 Å². The maximum absolute atomic E-state index is 12.7. The SMILES string of the molecule is CCn1nc(C2CCN(C3COC3)CC2)c2cc(-c3nc4cc(C)c(C(OC(C)(C)C)C(=O)O)c(-c5ccc(Cl)cc5)c4s3)ccc21. The summed E-state index contributed by atoms with van der Waals surface area (Å²) in [6, 6.07) is 16.7. The van der Waals surface area contributed by atoms with Crippen molar-refractivity contribution >= 4 is 50.0 Å². The minimum Gasteiger partial charge on any atom is -0.479 e. The van der Waals surface area contributed by atoms with Crippen LogP contribution in [0, 0.1) is 6.92 Å². The van der Waals surface area contributed by atoms with E-state index in [4.69, 9.17) is 31.2 Å². The number of nitrogens with zero attached hydrogens (tertiary/aromatic N) is 4. The highest BCUT2D eigenvalue weighted by Gasteiger charge is 2.34. The Bertz CT molecular complexity index is 1950. The minimum absolute atomic E-state index is 0.408. The summed E-state index contributed by atoms with van der Waals surface area (Å²) in [5.41, 5.74) is 6.66. The number of aromatic nitrogens is 3. The molecule has 0 aliphatic carbocycles. The number of carboxylic acid groups (broad SMARTS) is 1. The molecule has 2 aliphatic rings. The van der Waals surface area contributed by atoms with Crippen LogP contribution in [0.4, 0.5) is 0 Å². The summed E-state index contributed by atoms with van der Waals surface area (Å²) >= 11 is 7.87. The van der Waals surface area contributed by atoms with Crippen molar-refractivity contribution < 1.29 is 19.4 Å². The number of aliphatic carboxylic acids is 1. The fraction of sp³-hybridized carbons (Fsp3) is 0.432. The third-order valence-electron chi connectivity index (χ3n) is 9.40. The quantitative estimate of drug-likeness (QED) is 0.177. The van der Waals surface area contributed by atoms with E-state index in [1.165, 1.54) is 11.1 Å². The van der Waals surface area contributed by atoms with Crippen LogP contribution in [0.1, 0.15) is 69.4 Å². The molecule has 0 saturated carbocycles. The lowest BCUT2D eigenvalue weighted by molar-refractivity contribution is -0.160. The molecule has 246 valence electrons. The predicted molar refractivity (Wildman–Crippen MR) is 189 cm³/mol. The Morgan fingerprint density at radius 3 is 2.43 bits per heavy atom. The van der Waals surface area contributed by atoms with Crippen molar-refractivity contribution in [1.29, 1.82) is 0 Å². The van der Waals surface area contributed by atoms with Gasteiger partial charge in [-0.2, -0.15) is 5.10 Å². The van der Waals surface area contributed by atoms with Gasteiger partial charge in [-0.1, -0.05) is 23.7 Å². The van der Waals surface area contributed by atoms with Crippen LogP contribution in [0.5, 0.6) is 0 Å². The van der Waals surface area contributed by atoms with Gasteiger partial charge >= 0.3 is 5.97 Å². The average Bonchev–Trinajstić information content (AvgIpc) is 3.60. The smallest absolute Gasteiger partial charge is 0.337 e. The number of rotatable bonds is 8. The number of hydrogen-bond donors (Lipinski definition) is 1. The van der Waals surface area contributed by atoms with Gasteiger partial charge in [-0.3, -0.25) is 9.58 Å². The molecule has 0 amide bonds. The Morgan fingerprint density at radius 2 is 1.81 bits per heavy atom. The highest BCUT2D eigenvalue weighted by Crippen LogP contribution is 2.45. The van der Waals surface area contributed by atoms with Gasteiger partial charge in [0.25, 0.3) is 0 Å². The van der Waals surface area contributed by atoms with Crippen LogP contribution in [0.2, 0.25) is 5.02 Å². The first-order valence-electron chi connectivity index (χ1n) is 16.4. The van der Waals surface area contributed by atoms with E-state index in [1.54, 1.807) is 11.3 Å². The first-order valence-corrected chi connectivity index (χ1v) is 17.6. The molecule has 1 atom stereocenters. The van der Waals surface area contributed by atoms with Crippen molar-refractivity contribution in [3.8, 4) is 21.7 Å². The minimum atomic E-state index is -1.15. The first-order chi connectivity index (χ1) is 22.5. The van der Waals surface area contributed by atoms with Crippen molar-refractivity contribution in [3.05, 3.63) is 70.4 Å². The van der Waals surface area contributed by atoms with E-state index in [1.807, 2.05) is 58.0 Å². The average molecular weight is 673 g/mol. The van der Waals surface area contributed by atoms with Gasteiger partial charge in [0, 0.05) is 39.6 Å². The number of hydrogen-bond acceptors (Lipinski definition) is 7. The summed E-state index contributed by atoms with van der Waals surface area (Å²) in [6.07, 6.45) is 1.02. The predicted octanol–water partition coefficient (Wildman–Crippen LogP) is 8.48. The third kappa shape index (κ3) is 6.20. The first kappa shape index (κ1) is 32.2. The van der Waals surface area contributed by atoms with Crippen molar-refractivity contribution in [2.45, 2.75) is 77.7 Å². The van der Waals surface area contributed by atoms with Gasteiger partial charge in [0.05, 0.1) is 46.3 Å². The monoisotopic (exact) mass is 672 g/mol. The van der Waals surface area contributed by atoms with E-state index < -0.39 is 17.7 Å². The molecule has 0 spiro atoms. The highest BCUT2D eigenvalue weighted by molar-refractivity contribution is 7.22. The van der Waals surface area contributed by atoms with Crippen molar-refractivity contribution in [2.75, 3.05) is 26.3 Å². The second kappa shape index (κ2) is 12.6. The van der Waals surface area contributed by atoms with Gasteiger partial charge in [-0.15, -0.1) is 11.3 Å². The standard InChI is InChI=1S/C37H41ClN4O4S/c1-6-42-29-12-9-24(18-27(29)32(40-42)23-13-15-41(16-14-23)26-19-45-20-26)35-39-28-17-21(2)30(33(36(43)44)46-37(3,4)5)31(34(28)47-35)22-7-10-25(38)11-8-22/h7-12,17-18,23,26,33H,6,13-16,19-20H2,1-5H3,(H,43,44). The number of aryl methyl sites for hydroxylation is 2.